The van der Waals surface area contributed by atoms with E-state index in [1.54, 1.807) is 51.1 Å². The van der Waals surface area contributed by atoms with Crippen molar-refractivity contribution in [3.8, 4) is 0 Å². The smallest absolute Gasteiger partial charge is 0.408 e. The number of nitrogens with one attached hydrogen (secondary N) is 4. The van der Waals surface area contributed by atoms with Gasteiger partial charge >= 0.3 is 6.09 Å². The number of carbonyl (C=O) groups excluding carboxylic acids is 5. The first-order chi connectivity index (χ1) is 22.2. The maximum absolute atomic E-state index is 14.2. The third-order valence-corrected chi connectivity index (χ3v) is 10.8. The van der Waals surface area contributed by atoms with E-state index in [2.05, 4.69) is 20.7 Å². The van der Waals surface area contributed by atoms with Gasteiger partial charge in [-0.2, -0.15) is 0 Å². The van der Waals surface area contributed by atoms with Crippen molar-refractivity contribution in [2.75, 3.05) is 6.54 Å². The molecule has 5 amide bonds. The number of fused-ring (bicyclic) bond motifs is 2. The van der Waals surface area contributed by atoms with Gasteiger partial charge in [-0.3, -0.25) is 23.9 Å². The molecule has 1 aromatic rings. The standard InChI is InChI=1S/C33H45N5O8S/c1-32(2,3)46-31(43)35-25-15-11-6-4-5-10-14-22-19-33(22,30(42)37-47(44,45)24-16-17-24)36-28(40)26-18-23(20-38(26)29(25)41)34-27(39)21-12-8-7-9-13-21/h7-10,12-14,22-26H,4-6,11,15-20H2,1-3H3,(H,34,39)(H,35,43)(H,36,40)(H,37,42)/b14-10-/t22-,23-,25+,26+,33-/m1/s1. The summed E-state index contributed by atoms with van der Waals surface area (Å²) in [7, 11) is -3.88. The molecular weight excluding hydrogens is 626 g/mol. The molecule has 0 unspecified atom stereocenters. The Hall–Kier alpha value is -3.94. The molecule has 0 bridgehead atoms. The zero-order chi connectivity index (χ0) is 34.0. The van der Waals surface area contributed by atoms with Crippen LogP contribution in [0.1, 0.15) is 88.9 Å². The number of sulfonamides is 1. The number of alkyl carbamates (subject to hydrolysis) is 1. The van der Waals surface area contributed by atoms with E-state index in [1.165, 1.54) is 4.90 Å². The largest absolute Gasteiger partial charge is 0.444 e. The monoisotopic (exact) mass is 671 g/mol. The fraction of sp³-hybridized carbons (Fsp3) is 0.606. The predicted molar refractivity (Wildman–Crippen MR) is 172 cm³/mol. The highest BCUT2D eigenvalue weighted by molar-refractivity contribution is 7.91. The number of carbonyl (C=O) groups is 5. The van der Waals surface area contributed by atoms with Crippen LogP contribution in [-0.4, -0.2) is 84.1 Å². The quantitative estimate of drug-likeness (QED) is 0.333. The van der Waals surface area contributed by atoms with Gasteiger partial charge < -0.3 is 25.6 Å². The van der Waals surface area contributed by atoms with Crippen LogP contribution in [-0.2, 0) is 29.1 Å². The molecule has 256 valence electrons. The molecule has 14 heteroatoms. The van der Waals surface area contributed by atoms with Crippen molar-refractivity contribution in [1.82, 2.24) is 25.6 Å². The number of ether oxygens (including phenoxy) is 1. The summed E-state index contributed by atoms with van der Waals surface area (Å²) in [4.78, 5) is 69.0. The highest BCUT2D eigenvalue weighted by atomic mass is 32.2. The zero-order valence-corrected chi connectivity index (χ0v) is 27.9. The van der Waals surface area contributed by atoms with E-state index in [4.69, 9.17) is 4.74 Å². The summed E-state index contributed by atoms with van der Waals surface area (Å²) in [6.07, 6.45) is 7.38. The number of hydrogen-bond donors (Lipinski definition) is 4. The van der Waals surface area contributed by atoms with Gasteiger partial charge in [-0.05, 0) is 77.8 Å². The predicted octanol–water partition coefficient (Wildman–Crippen LogP) is 2.28. The molecule has 4 aliphatic rings. The molecule has 13 nitrogen and oxygen atoms in total. The molecule has 5 rings (SSSR count). The van der Waals surface area contributed by atoms with Gasteiger partial charge in [0.1, 0.15) is 23.2 Å². The van der Waals surface area contributed by atoms with Gasteiger partial charge in [-0.15, -0.1) is 0 Å². The van der Waals surface area contributed by atoms with Gasteiger partial charge in [0.05, 0.1) is 5.25 Å². The average molecular weight is 672 g/mol. The minimum atomic E-state index is -3.88. The molecule has 2 saturated carbocycles. The highest BCUT2D eigenvalue weighted by Crippen LogP contribution is 2.46. The fourth-order valence-electron chi connectivity index (χ4n) is 6.21. The van der Waals surface area contributed by atoms with Crippen LogP contribution in [0.2, 0.25) is 0 Å². The van der Waals surface area contributed by atoms with Crippen molar-refractivity contribution in [2.45, 2.75) is 113 Å². The number of rotatable bonds is 6. The molecule has 0 spiro atoms. The van der Waals surface area contributed by atoms with Crippen LogP contribution in [0.3, 0.4) is 0 Å². The van der Waals surface area contributed by atoms with Crippen molar-refractivity contribution in [3.05, 3.63) is 48.0 Å². The first kappa shape index (κ1) is 34.4. The molecule has 2 aliphatic heterocycles. The number of amides is 5. The molecule has 3 fully saturated rings. The normalized spacial score (nSPS) is 29.1. The number of hydrogen-bond acceptors (Lipinski definition) is 8. The Morgan fingerprint density at radius 2 is 1.72 bits per heavy atom. The second-order valence-electron chi connectivity index (χ2n) is 14.0. The zero-order valence-electron chi connectivity index (χ0n) is 27.1. The van der Waals surface area contributed by atoms with Gasteiger partial charge in [0.25, 0.3) is 11.8 Å². The SMILES string of the molecule is CC(C)(C)OC(=O)N[C@H]1CCCCC/C=C\[C@@H]2C[C@@]2(C(=O)NS(=O)(=O)C2CC2)NC(=O)[C@@H]2C[C@@H](NC(=O)c3ccccc3)CN2C1=O. The third kappa shape index (κ3) is 8.51. The number of allylic oxidation sites excluding steroid dienone is 1. The lowest BCUT2D eigenvalue weighted by Gasteiger charge is -2.30. The van der Waals surface area contributed by atoms with Gasteiger partial charge in [-0.1, -0.05) is 43.2 Å². The van der Waals surface area contributed by atoms with Gasteiger partial charge in [0.2, 0.25) is 21.8 Å². The summed E-state index contributed by atoms with van der Waals surface area (Å²) in [5.41, 5.74) is -1.88. The molecule has 47 heavy (non-hydrogen) atoms. The van der Waals surface area contributed by atoms with E-state index >= 15 is 0 Å². The van der Waals surface area contributed by atoms with Crippen LogP contribution < -0.4 is 20.7 Å². The van der Waals surface area contributed by atoms with Crippen molar-refractivity contribution in [3.63, 3.8) is 0 Å². The molecular formula is C33H45N5O8S. The lowest BCUT2D eigenvalue weighted by molar-refractivity contribution is -0.141. The van der Waals surface area contributed by atoms with Crippen molar-refractivity contribution in [2.24, 2.45) is 5.92 Å². The lowest BCUT2D eigenvalue weighted by Crippen LogP contribution is -2.58. The maximum Gasteiger partial charge on any atom is 0.408 e. The van der Waals surface area contributed by atoms with E-state index in [1.807, 2.05) is 12.2 Å². The van der Waals surface area contributed by atoms with Gasteiger partial charge in [0.15, 0.2) is 0 Å². The lowest BCUT2D eigenvalue weighted by atomic mass is 10.0. The second-order valence-corrected chi connectivity index (χ2v) is 16.0. The van der Waals surface area contributed by atoms with Crippen LogP contribution in [0, 0.1) is 5.92 Å². The highest BCUT2D eigenvalue weighted by Gasteiger charge is 2.62. The average Bonchev–Trinajstić information content (AvgIpc) is 3.92. The topological polar surface area (TPSA) is 180 Å². The molecule has 4 N–H and O–H groups in total. The van der Waals surface area contributed by atoms with E-state index in [0.29, 0.717) is 37.7 Å². The second kappa shape index (κ2) is 13.7. The summed E-state index contributed by atoms with van der Waals surface area (Å²) >= 11 is 0. The number of benzene rings is 1. The molecule has 0 aromatic heterocycles. The minimum absolute atomic E-state index is 0.0133. The van der Waals surface area contributed by atoms with Crippen molar-refractivity contribution >= 4 is 39.7 Å². The Balaban J connectivity index is 1.42. The molecule has 1 saturated heterocycles. The summed E-state index contributed by atoms with van der Waals surface area (Å²) in [5, 5.41) is 7.80. The Morgan fingerprint density at radius 1 is 1.00 bits per heavy atom. The third-order valence-electron chi connectivity index (χ3n) is 8.94. The van der Waals surface area contributed by atoms with Crippen LogP contribution in [0.25, 0.3) is 0 Å². The molecule has 0 radical (unpaired) electrons. The summed E-state index contributed by atoms with van der Waals surface area (Å²) < 4.78 is 33.0. The van der Waals surface area contributed by atoms with Crippen molar-refractivity contribution in [1.29, 1.82) is 0 Å². The van der Waals surface area contributed by atoms with Crippen LogP contribution >= 0.6 is 0 Å². The molecule has 2 aliphatic carbocycles. The Labute approximate surface area is 275 Å². The first-order valence-electron chi connectivity index (χ1n) is 16.4. The summed E-state index contributed by atoms with van der Waals surface area (Å²) in [6, 6.07) is 5.83. The molecule has 1 aromatic carbocycles. The maximum atomic E-state index is 14.2. The molecule has 5 atom stereocenters. The van der Waals surface area contributed by atoms with E-state index in [-0.39, 0.29) is 25.3 Å². The Bertz CT molecular complexity index is 1520. The number of nitrogens with zero attached hydrogens (tertiary/aromatic N) is 1. The first-order valence-corrected chi connectivity index (χ1v) is 17.9. The van der Waals surface area contributed by atoms with E-state index in [0.717, 1.165) is 12.8 Å². The summed E-state index contributed by atoms with van der Waals surface area (Å²) in [5.74, 6) is -2.75. The molecule has 2 heterocycles. The van der Waals surface area contributed by atoms with Crippen LogP contribution in [0.5, 0.6) is 0 Å². The van der Waals surface area contributed by atoms with E-state index in [9.17, 15) is 32.4 Å². The Morgan fingerprint density at radius 3 is 2.40 bits per heavy atom. The van der Waals surface area contributed by atoms with Crippen LogP contribution in [0.15, 0.2) is 42.5 Å². The van der Waals surface area contributed by atoms with Gasteiger partial charge in [0, 0.05) is 24.1 Å². The van der Waals surface area contributed by atoms with E-state index < -0.39 is 74.3 Å². The summed E-state index contributed by atoms with van der Waals surface area (Å²) in [6.45, 7) is 5.13. The van der Waals surface area contributed by atoms with Gasteiger partial charge in [-0.25, -0.2) is 13.2 Å². The Kier molecular flexibility index (Phi) is 9.99. The minimum Gasteiger partial charge on any atom is -0.444 e. The van der Waals surface area contributed by atoms with Crippen molar-refractivity contribution < 1.29 is 37.1 Å². The fourth-order valence-corrected chi connectivity index (χ4v) is 7.58. The van der Waals surface area contributed by atoms with Crippen LogP contribution in [0.4, 0.5) is 4.79 Å².